The average Bonchev–Trinajstić information content (AvgIpc) is 2.71. The van der Waals surface area contributed by atoms with Crippen LogP contribution in [0.1, 0.15) is 12.5 Å². The molecular formula is C12H9ClN2O2. The number of halogens is 1. The second-order valence-corrected chi connectivity index (χ2v) is 3.60. The minimum Gasteiger partial charge on any atom is -0.456 e. The highest BCUT2D eigenvalue weighted by atomic mass is 35.5. The molecule has 0 saturated carbocycles. The Labute approximate surface area is 103 Å². The molecule has 1 N–H and O–H groups in total. The smallest absolute Gasteiger partial charge is 0.384 e. The molecule has 2 aromatic rings. The Balaban J connectivity index is 2.40. The molecule has 86 valence electrons. The van der Waals surface area contributed by atoms with E-state index >= 15 is 0 Å². The van der Waals surface area contributed by atoms with Gasteiger partial charge in [0, 0.05) is 18.3 Å². The van der Waals surface area contributed by atoms with Crippen molar-refractivity contribution in [3.05, 3.63) is 29.0 Å². The normalized spacial score (nSPS) is 9.76. The summed E-state index contributed by atoms with van der Waals surface area (Å²) in [7, 11) is 0. The van der Waals surface area contributed by atoms with Gasteiger partial charge in [0.05, 0.1) is 22.6 Å². The average molecular weight is 249 g/mol. The van der Waals surface area contributed by atoms with Crippen LogP contribution in [0.4, 0.5) is 0 Å². The van der Waals surface area contributed by atoms with Gasteiger partial charge in [-0.2, -0.15) is 0 Å². The topological polar surface area (TPSA) is 55.0 Å². The molecule has 0 aliphatic rings. The SMILES string of the molecule is CCOC(=O)C#Cc1c[nH]c2nccc(Cl)c12. The number of carbonyl (C=O) groups excluding carboxylic acids is 1. The second-order valence-electron chi connectivity index (χ2n) is 3.19. The molecule has 0 saturated heterocycles. The largest absolute Gasteiger partial charge is 0.456 e. The lowest BCUT2D eigenvalue weighted by Gasteiger charge is -1.93. The first-order valence-corrected chi connectivity index (χ1v) is 5.40. The molecule has 0 bridgehead atoms. The first-order chi connectivity index (χ1) is 8.22. The van der Waals surface area contributed by atoms with Crippen LogP contribution in [-0.4, -0.2) is 22.5 Å². The number of hydrogen-bond donors (Lipinski definition) is 1. The van der Waals surface area contributed by atoms with E-state index in [2.05, 4.69) is 21.8 Å². The number of hydrogen-bond acceptors (Lipinski definition) is 3. The highest BCUT2D eigenvalue weighted by Crippen LogP contribution is 2.23. The summed E-state index contributed by atoms with van der Waals surface area (Å²) in [6.07, 6.45) is 3.26. The zero-order valence-electron chi connectivity index (χ0n) is 9.08. The number of esters is 1. The van der Waals surface area contributed by atoms with Gasteiger partial charge in [0.2, 0.25) is 0 Å². The number of carbonyl (C=O) groups is 1. The predicted molar refractivity (Wildman–Crippen MR) is 64.6 cm³/mol. The Morgan fingerprint density at radius 1 is 1.65 bits per heavy atom. The molecule has 0 radical (unpaired) electrons. The highest BCUT2D eigenvalue weighted by Gasteiger charge is 2.06. The number of nitrogens with zero attached hydrogens (tertiary/aromatic N) is 1. The summed E-state index contributed by atoms with van der Waals surface area (Å²) >= 11 is 6.04. The van der Waals surface area contributed by atoms with Crippen LogP contribution in [0.15, 0.2) is 18.5 Å². The minimum absolute atomic E-state index is 0.309. The first kappa shape index (κ1) is 11.5. The molecule has 17 heavy (non-hydrogen) atoms. The van der Waals surface area contributed by atoms with Crippen molar-refractivity contribution in [2.24, 2.45) is 0 Å². The van der Waals surface area contributed by atoms with Gasteiger partial charge in [-0.1, -0.05) is 17.5 Å². The van der Waals surface area contributed by atoms with Crippen LogP contribution in [0.2, 0.25) is 5.02 Å². The summed E-state index contributed by atoms with van der Waals surface area (Å²) in [4.78, 5) is 18.1. The van der Waals surface area contributed by atoms with Crippen molar-refractivity contribution in [3.63, 3.8) is 0 Å². The van der Waals surface area contributed by atoms with Crippen molar-refractivity contribution in [3.8, 4) is 11.8 Å². The number of nitrogens with one attached hydrogen (secondary N) is 1. The van der Waals surface area contributed by atoms with Gasteiger partial charge in [-0.05, 0) is 13.0 Å². The van der Waals surface area contributed by atoms with Gasteiger partial charge < -0.3 is 9.72 Å². The van der Waals surface area contributed by atoms with Gasteiger partial charge >= 0.3 is 5.97 Å². The molecule has 0 spiro atoms. The van der Waals surface area contributed by atoms with E-state index < -0.39 is 5.97 Å². The number of rotatable bonds is 1. The lowest BCUT2D eigenvalue weighted by Crippen LogP contribution is -1.99. The van der Waals surface area contributed by atoms with Crippen molar-refractivity contribution >= 4 is 28.6 Å². The molecule has 2 aromatic heterocycles. The number of ether oxygens (including phenoxy) is 1. The summed E-state index contributed by atoms with van der Waals surface area (Å²) in [5, 5.41) is 1.26. The molecule has 2 rings (SSSR count). The van der Waals surface area contributed by atoms with E-state index in [4.69, 9.17) is 16.3 Å². The van der Waals surface area contributed by atoms with E-state index in [0.717, 1.165) is 0 Å². The Hall–Kier alpha value is -1.99. The summed E-state index contributed by atoms with van der Waals surface area (Å²) in [5.41, 5.74) is 1.27. The van der Waals surface area contributed by atoms with Crippen molar-refractivity contribution < 1.29 is 9.53 Å². The van der Waals surface area contributed by atoms with E-state index in [1.54, 1.807) is 25.4 Å². The molecule has 0 aliphatic heterocycles. The summed E-state index contributed by atoms with van der Waals surface area (Å²) in [6, 6.07) is 1.67. The quantitative estimate of drug-likeness (QED) is 0.621. The number of H-pyrrole nitrogens is 1. The molecule has 0 amide bonds. The van der Waals surface area contributed by atoms with Crippen LogP contribution in [0.25, 0.3) is 11.0 Å². The van der Waals surface area contributed by atoms with Crippen LogP contribution in [0.3, 0.4) is 0 Å². The van der Waals surface area contributed by atoms with E-state index in [1.165, 1.54) is 0 Å². The maximum absolute atomic E-state index is 11.1. The van der Waals surface area contributed by atoms with E-state index in [-0.39, 0.29) is 0 Å². The predicted octanol–water partition coefficient (Wildman–Crippen LogP) is 2.13. The van der Waals surface area contributed by atoms with E-state index in [1.807, 2.05) is 0 Å². The maximum Gasteiger partial charge on any atom is 0.384 e. The zero-order chi connectivity index (χ0) is 12.3. The van der Waals surface area contributed by atoms with Gasteiger partial charge in [0.15, 0.2) is 0 Å². The molecule has 5 heteroatoms. The fraction of sp³-hybridized carbons (Fsp3) is 0.167. The summed E-state index contributed by atoms with van der Waals surface area (Å²) in [5.74, 6) is 4.55. The van der Waals surface area contributed by atoms with Gasteiger partial charge in [0.1, 0.15) is 5.65 Å². The second kappa shape index (κ2) is 4.89. The Morgan fingerprint density at radius 2 is 2.47 bits per heavy atom. The van der Waals surface area contributed by atoms with Crippen molar-refractivity contribution in [2.45, 2.75) is 6.92 Å². The van der Waals surface area contributed by atoms with Gasteiger partial charge in [0.25, 0.3) is 0 Å². The molecule has 4 nitrogen and oxygen atoms in total. The van der Waals surface area contributed by atoms with Crippen molar-refractivity contribution in [1.82, 2.24) is 9.97 Å². The lowest BCUT2D eigenvalue weighted by molar-refractivity contribution is -0.136. The minimum atomic E-state index is -0.554. The van der Waals surface area contributed by atoms with Crippen LogP contribution in [-0.2, 0) is 9.53 Å². The van der Waals surface area contributed by atoms with E-state index in [0.29, 0.717) is 28.2 Å². The van der Waals surface area contributed by atoms with Gasteiger partial charge in [-0.25, -0.2) is 9.78 Å². The molecule has 0 unspecified atom stereocenters. The van der Waals surface area contributed by atoms with E-state index in [9.17, 15) is 4.79 Å². The number of aromatic nitrogens is 2. The van der Waals surface area contributed by atoms with Crippen LogP contribution >= 0.6 is 11.6 Å². The number of fused-ring (bicyclic) bond motifs is 1. The number of aromatic amines is 1. The third kappa shape index (κ3) is 2.40. The Kier molecular flexibility index (Phi) is 3.31. The monoisotopic (exact) mass is 248 g/mol. The molecule has 0 aromatic carbocycles. The van der Waals surface area contributed by atoms with Gasteiger partial charge in [-0.15, -0.1) is 0 Å². The fourth-order valence-electron chi connectivity index (χ4n) is 1.40. The summed E-state index contributed by atoms with van der Waals surface area (Å²) < 4.78 is 4.71. The first-order valence-electron chi connectivity index (χ1n) is 5.02. The molecule has 0 aliphatic carbocycles. The Bertz CT molecular complexity index is 622. The third-order valence-electron chi connectivity index (χ3n) is 2.10. The zero-order valence-corrected chi connectivity index (χ0v) is 9.84. The maximum atomic E-state index is 11.1. The molecular weight excluding hydrogens is 240 g/mol. The summed E-state index contributed by atoms with van der Waals surface area (Å²) in [6.45, 7) is 2.04. The van der Waals surface area contributed by atoms with Gasteiger partial charge in [-0.3, -0.25) is 0 Å². The fourth-order valence-corrected chi connectivity index (χ4v) is 1.65. The molecule has 0 fully saturated rings. The standard InChI is InChI=1S/C12H9ClN2O2/c1-2-17-10(16)4-3-8-7-15-12-11(8)9(13)5-6-14-12/h5-7H,2H2,1H3,(H,14,15). The Morgan fingerprint density at radius 3 is 3.24 bits per heavy atom. The van der Waals surface area contributed by atoms with Crippen LogP contribution in [0.5, 0.6) is 0 Å². The lowest BCUT2D eigenvalue weighted by atomic mass is 10.2. The van der Waals surface area contributed by atoms with Crippen LogP contribution in [0, 0.1) is 11.8 Å². The number of pyridine rings is 1. The van der Waals surface area contributed by atoms with Crippen molar-refractivity contribution in [1.29, 1.82) is 0 Å². The molecule has 2 heterocycles. The third-order valence-corrected chi connectivity index (χ3v) is 2.41. The molecule has 0 atom stereocenters. The highest BCUT2D eigenvalue weighted by molar-refractivity contribution is 6.35. The van der Waals surface area contributed by atoms with Crippen LogP contribution < -0.4 is 0 Å². The van der Waals surface area contributed by atoms with Crippen molar-refractivity contribution in [2.75, 3.05) is 6.61 Å².